The first-order valence-corrected chi connectivity index (χ1v) is 7.53. The molecule has 1 aromatic carbocycles. The number of amides is 1. The van der Waals surface area contributed by atoms with Gasteiger partial charge in [-0.2, -0.15) is 0 Å². The maximum atomic E-state index is 13.2. The molecule has 2 heterocycles. The second-order valence-electron chi connectivity index (χ2n) is 5.46. The lowest BCUT2D eigenvalue weighted by atomic mass is 10.0. The molecule has 0 saturated heterocycles. The van der Waals surface area contributed by atoms with Gasteiger partial charge in [0, 0.05) is 29.6 Å². The zero-order valence-electron chi connectivity index (χ0n) is 13.0. The van der Waals surface area contributed by atoms with Gasteiger partial charge in [0.25, 0.3) is 0 Å². The first-order valence-electron chi connectivity index (χ1n) is 7.53. The van der Waals surface area contributed by atoms with Gasteiger partial charge in [-0.05, 0) is 42.0 Å². The second kappa shape index (κ2) is 7.04. The fourth-order valence-corrected chi connectivity index (χ4v) is 2.51. The van der Waals surface area contributed by atoms with E-state index < -0.39 is 17.9 Å². The van der Waals surface area contributed by atoms with E-state index in [1.807, 2.05) is 0 Å². The number of aromatic nitrogens is 1. The highest BCUT2D eigenvalue weighted by Gasteiger charge is 2.21. The van der Waals surface area contributed by atoms with E-state index in [2.05, 4.69) is 10.3 Å². The van der Waals surface area contributed by atoms with Gasteiger partial charge in [0.1, 0.15) is 17.6 Å². The summed E-state index contributed by atoms with van der Waals surface area (Å²) < 4.78 is 18.3. The van der Waals surface area contributed by atoms with E-state index in [1.165, 1.54) is 30.5 Å². The van der Waals surface area contributed by atoms with E-state index in [0.717, 1.165) is 0 Å². The number of carboxylic acid groups (broad SMARTS) is 1. The summed E-state index contributed by atoms with van der Waals surface area (Å²) in [6.45, 7) is 0. The van der Waals surface area contributed by atoms with Gasteiger partial charge in [-0.3, -0.25) is 4.79 Å². The highest BCUT2D eigenvalue weighted by molar-refractivity contribution is 5.94. The number of carbonyl (C=O) groups excluding carboxylic acids is 1. The topological polar surface area (TPSA) is 95.3 Å². The molecule has 0 bridgehead atoms. The fourth-order valence-electron chi connectivity index (χ4n) is 2.51. The van der Waals surface area contributed by atoms with Crippen LogP contribution in [0.1, 0.15) is 11.3 Å². The Labute approximate surface area is 142 Å². The quantitative estimate of drug-likeness (QED) is 0.600. The molecule has 0 fully saturated rings. The SMILES string of the molecule is O=C(/C=C/c1ccco1)NC(Cc1c[nH]c2cc(F)ccc12)C(=O)O. The molecule has 3 rings (SSSR count). The number of H-pyrrole nitrogens is 1. The number of benzene rings is 1. The molecule has 2 aromatic heterocycles. The Balaban J connectivity index is 1.72. The van der Waals surface area contributed by atoms with Gasteiger partial charge in [0.05, 0.1) is 6.26 Å². The van der Waals surface area contributed by atoms with E-state index in [0.29, 0.717) is 22.2 Å². The molecule has 0 aliphatic carbocycles. The van der Waals surface area contributed by atoms with Gasteiger partial charge in [-0.15, -0.1) is 0 Å². The van der Waals surface area contributed by atoms with Crippen LogP contribution in [-0.2, 0) is 16.0 Å². The lowest BCUT2D eigenvalue weighted by Gasteiger charge is -2.12. The van der Waals surface area contributed by atoms with Crippen LogP contribution in [0.3, 0.4) is 0 Å². The van der Waals surface area contributed by atoms with E-state index in [-0.39, 0.29) is 12.2 Å². The second-order valence-corrected chi connectivity index (χ2v) is 5.46. The third-order valence-corrected chi connectivity index (χ3v) is 3.71. The van der Waals surface area contributed by atoms with Crippen LogP contribution in [0.4, 0.5) is 4.39 Å². The number of aliphatic carboxylic acids is 1. The zero-order chi connectivity index (χ0) is 17.8. The first-order chi connectivity index (χ1) is 12.0. The number of nitrogens with one attached hydrogen (secondary N) is 2. The number of furan rings is 1. The highest BCUT2D eigenvalue weighted by Crippen LogP contribution is 2.20. The predicted octanol–water partition coefficient (Wildman–Crippen LogP) is 2.73. The smallest absolute Gasteiger partial charge is 0.326 e. The van der Waals surface area contributed by atoms with Gasteiger partial charge in [0.15, 0.2) is 0 Å². The number of rotatable bonds is 6. The van der Waals surface area contributed by atoms with E-state index >= 15 is 0 Å². The number of carboxylic acids is 1. The maximum Gasteiger partial charge on any atom is 0.326 e. The van der Waals surface area contributed by atoms with Crippen molar-refractivity contribution < 1.29 is 23.5 Å². The molecule has 1 amide bonds. The van der Waals surface area contributed by atoms with Gasteiger partial charge >= 0.3 is 5.97 Å². The molecule has 6 nitrogen and oxygen atoms in total. The van der Waals surface area contributed by atoms with E-state index in [4.69, 9.17) is 4.42 Å². The predicted molar refractivity (Wildman–Crippen MR) is 89.3 cm³/mol. The summed E-state index contributed by atoms with van der Waals surface area (Å²) in [6, 6.07) is 6.45. The number of halogens is 1. The number of fused-ring (bicyclic) bond motifs is 1. The van der Waals surface area contributed by atoms with Crippen molar-refractivity contribution in [2.75, 3.05) is 0 Å². The Morgan fingerprint density at radius 3 is 2.92 bits per heavy atom. The molecule has 0 radical (unpaired) electrons. The standard InChI is InChI=1S/C18H15FN2O4/c19-12-3-5-14-11(10-20-15(14)9-12)8-16(18(23)24)21-17(22)6-4-13-2-1-7-25-13/h1-7,9-10,16,20H,8H2,(H,21,22)(H,23,24)/b6-4+. The largest absolute Gasteiger partial charge is 0.480 e. The van der Waals surface area contributed by atoms with Crippen molar-refractivity contribution in [2.45, 2.75) is 12.5 Å². The number of hydrogen-bond acceptors (Lipinski definition) is 3. The minimum atomic E-state index is -1.16. The minimum Gasteiger partial charge on any atom is -0.480 e. The van der Waals surface area contributed by atoms with Crippen LogP contribution in [0.25, 0.3) is 17.0 Å². The van der Waals surface area contributed by atoms with Gasteiger partial charge < -0.3 is 19.8 Å². The Morgan fingerprint density at radius 2 is 2.20 bits per heavy atom. The third-order valence-electron chi connectivity index (χ3n) is 3.71. The van der Waals surface area contributed by atoms with Crippen molar-refractivity contribution in [1.82, 2.24) is 10.3 Å². The molecule has 3 aromatic rings. The third kappa shape index (κ3) is 3.95. The summed E-state index contributed by atoms with van der Waals surface area (Å²) in [5, 5.41) is 12.5. The summed E-state index contributed by atoms with van der Waals surface area (Å²) >= 11 is 0. The molecule has 1 unspecified atom stereocenters. The fraction of sp³-hybridized carbons (Fsp3) is 0.111. The molecule has 0 spiro atoms. The molecule has 25 heavy (non-hydrogen) atoms. The molecular weight excluding hydrogens is 327 g/mol. The van der Waals surface area contributed by atoms with Crippen LogP contribution >= 0.6 is 0 Å². The molecule has 3 N–H and O–H groups in total. The van der Waals surface area contributed by atoms with Crippen molar-refractivity contribution >= 4 is 28.9 Å². The summed E-state index contributed by atoms with van der Waals surface area (Å²) in [7, 11) is 0. The first kappa shape index (κ1) is 16.5. The summed E-state index contributed by atoms with van der Waals surface area (Å²) in [6.07, 6.45) is 5.81. The Hall–Kier alpha value is -3.35. The maximum absolute atomic E-state index is 13.2. The molecule has 128 valence electrons. The molecule has 0 saturated carbocycles. The average Bonchev–Trinajstić information content (AvgIpc) is 3.22. The van der Waals surface area contributed by atoms with Crippen LogP contribution < -0.4 is 5.32 Å². The minimum absolute atomic E-state index is 0.0707. The number of hydrogen-bond donors (Lipinski definition) is 3. The van der Waals surface area contributed by atoms with Gasteiger partial charge in [-0.25, -0.2) is 9.18 Å². The van der Waals surface area contributed by atoms with Crippen molar-refractivity contribution in [3.05, 3.63) is 66.0 Å². The number of carbonyl (C=O) groups is 2. The van der Waals surface area contributed by atoms with Gasteiger partial charge in [0.2, 0.25) is 5.91 Å². The lowest BCUT2D eigenvalue weighted by molar-refractivity contribution is -0.141. The highest BCUT2D eigenvalue weighted by atomic mass is 19.1. The normalized spacial score (nSPS) is 12.5. The Kier molecular flexibility index (Phi) is 4.65. The van der Waals surface area contributed by atoms with Crippen molar-refractivity contribution in [1.29, 1.82) is 0 Å². The average molecular weight is 342 g/mol. The van der Waals surface area contributed by atoms with E-state index in [1.54, 1.807) is 24.4 Å². The van der Waals surface area contributed by atoms with Crippen molar-refractivity contribution in [3.63, 3.8) is 0 Å². The van der Waals surface area contributed by atoms with Crippen molar-refractivity contribution in [3.8, 4) is 0 Å². The van der Waals surface area contributed by atoms with Crippen LogP contribution in [0, 0.1) is 5.82 Å². The van der Waals surface area contributed by atoms with Crippen LogP contribution in [0.2, 0.25) is 0 Å². The lowest BCUT2D eigenvalue weighted by Crippen LogP contribution is -2.41. The summed E-state index contributed by atoms with van der Waals surface area (Å²) in [5.74, 6) is -1.60. The molecule has 0 aliphatic heterocycles. The van der Waals surface area contributed by atoms with Crippen molar-refractivity contribution in [2.24, 2.45) is 0 Å². The van der Waals surface area contributed by atoms with Crippen LogP contribution in [0.5, 0.6) is 0 Å². The van der Waals surface area contributed by atoms with E-state index in [9.17, 15) is 19.1 Å². The Morgan fingerprint density at radius 1 is 1.36 bits per heavy atom. The zero-order valence-corrected chi connectivity index (χ0v) is 13.0. The van der Waals surface area contributed by atoms with Gasteiger partial charge in [-0.1, -0.05) is 0 Å². The Bertz CT molecular complexity index is 928. The number of aromatic amines is 1. The molecular formula is C18H15FN2O4. The van der Waals surface area contributed by atoms with Crippen LogP contribution in [0.15, 0.2) is 53.3 Å². The molecule has 1 atom stereocenters. The monoisotopic (exact) mass is 342 g/mol. The molecule has 0 aliphatic rings. The molecule has 7 heteroatoms. The van der Waals surface area contributed by atoms with Crippen LogP contribution in [-0.4, -0.2) is 28.0 Å². The summed E-state index contributed by atoms with van der Waals surface area (Å²) in [5.41, 5.74) is 1.25. The summed E-state index contributed by atoms with van der Waals surface area (Å²) in [4.78, 5) is 26.3.